The molecule has 2 N–H and O–H groups in total. The van der Waals surface area contributed by atoms with Crippen molar-refractivity contribution in [2.45, 2.75) is 50.9 Å². The lowest BCUT2D eigenvalue weighted by atomic mass is 10.2. The first-order valence-corrected chi connectivity index (χ1v) is 10.0. The molecule has 0 saturated heterocycles. The van der Waals surface area contributed by atoms with E-state index in [-0.39, 0.29) is 19.0 Å². The Morgan fingerprint density at radius 2 is 1.97 bits per heavy atom. The second-order valence-electron chi connectivity index (χ2n) is 7.55. The summed E-state index contributed by atoms with van der Waals surface area (Å²) in [7, 11) is 0. The third kappa shape index (κ3) is 5.77. The number of carbonyl (C=O) groups is 2. The molecule has 0 bridgehead atoms. The quantitative estimate of drug-likeness (QED) is 0.548. The molecular weight excluding hydrogens is 427 g/mol. The van der Waals surface area contributed by atoms with Crippen molar-refractivity contribution in [2.24, 2.45) is 0 Å². The Morgan fingerprint density at radius 3 is 2.72 bits per heavy atom. The van der Waals surface area contributed by atoms with Crippen molar-refractivity contribution in [1.29, 1.82) is 0 Å². The normalized spacial score (nSPS) is 13.8. The fraction of sp³-hybridized carbons (Fsp3) is 0.400. The molecule has 12 heteroatoms. The standard InChI is InChI=1S/C20H20F3N7O2/c21-20(22,23)5-3-17(31)25-8-12-7-16-28-14(11-30(16)27-9-12)10-26-19(32)15-4-6-24-18(29-15)13-1-2-13/h4,6-7,9,11,13H,1-3,5,8,10H2,(H,25,31)(H,26,32). The predicted octanol–water partition coefficient (Wildman–Crippen LogP) is 2.29. The number of halogens is 3. The molecule has 2 amide bonds. The van der Waals surface area contributed by atoms with Gasteiger partial charge in [0.05, 0.1) is 31.1 Å². The summed E-state index contributed by atoms with van der Waals surface area (Å²) in [6.07, 6.45) is 0.638. The van der Waals surface area contributed by atoms with Crippen LogP contribution < -0.4 is 10.6 Å². The Balaban J connectivity index is 1.32. The minimum atomic E-state index is -4.37. The number of fused-ring (bicyclic) bond motifs is 1. The van der Waals surface area contributed by atoms with Gasteiger partial charge in [-0.3, -0.25) is 9.59 Å². The van der Waals surface area contributed by atoms with E-state index in [0.717, 1.165) is 12.8 Å². The maximum absolute atomic E-state index is 12.4. The van der Waals surface area contributed by atoms with Crippen molar-refractivity contribution in [1.82, 2.24) is 35.2 Å². The van der Waals surface area contributed by atoms with E-state index in [1.165, 1.54) is 10.7 Å². The first-order valence-electron chi connectivity index (χ1n) is 10.0. The van der Waals surface area contributed by atoms with E-state index in [4.69, 9.17) is 0 Å². The average Bonchev–Trinajstić information content (AvgIpc) is 3.54. The zero-order valence-electron chi connectivity index (χ0n) is 16.9. The summed E-state index contributed by atoms with van der Waals surface area (Å²) in [6.45, 7) is 0.199. The van der Waals surface area contributed by atoms with Gasteiger partial charge in [-0.25, -0.2) is 19.5 Å². The Hall–Kier alpha value is -3.57. The van der Waals surface area contributed by atoms with Crippen molar-refractivity contribution < 1.29 is 22.8 Å². The fourth-order valence-electron chi connectivity index (χ4n) is 2.99. The second-order valence-corrected chi connectivity index (χ2v) is 7.55. The van der Waals surface area contributed by atoms with Crippen molar-refractivity contribution in [3.63, 3.8) is 0 Å². The van der Waals surface area contributed by atoms with Gasteiger partial charge in [0, 0.05) is 25.1 Å². The molecule has 0 radical (unpaired) electrons. The van der Waals surface area contributed by atoms with Gasteiger partial charge in [-0.15, -0.1) is 0 Å². The third-order valence-corrected chi connectivity index (χ3v) is 4.83. The Labute approximate surface area is 180 Å². The van der Waals surface area contributed by atoms with Gasteiger partial charge in [0.1, 0.15) is 11.5 Å². The summed E-state index contributed by atoms with van der Waals surface area (Å²) < 4.78 is 38.1. The smallest absolute Gasteiger partial charge is 0.352 e. The second kappa shape index (κ2) is 8.89. The van der Waals surface area contributed by atoms with E-state index in [1.807, 2.05) is 0 Å². The number of rotatable bonds is 8. The van der Waals surface area contributed by atoms with E-state index in [2.05, 4.69) is 30.7 Å². The van der Waals surface area contributed by atoms with Gasteiger partial charge in [-0.05, 0) is 30.5 Å². The van der Waals surface area contributed by atoms with Crippen LogP contribution in [0.2, 0.25) is 0 Å². The average molecular weight is 447 g/mol. The minimum Gasteiger partial charge on any atom is -0.352 e. The number of carbonyl (C=O) groups excluding carboxylic acids is 2. The maximum atomic E-state index is 12.4. The molecule has 0 aromatic carbocycles. The van der Waals surface area contributed by atoms with Crippen LogP contribution in [-0.2, 0) is 17.9 Å². The highest BCUT2D eigenvalue weighted by atomic mass is 19.4. The third-order valence-electron chi connectivity index (χ3n) is 4.83. The molecule has 0 spiro atoms. The Morgan fingerprint density at radius 1 is 1.16 bits per heavy atom. The molecule has 1 saturated carbocycles. The molecule has 4 rings (SSSR count). The van der Waals surface area contributed by atoms with Crippen LogP contribution in [0.5, 0.6) is 0 Å². The molecule has 3 aromatic rings. The zero-order chi connectivity index (χ0) is 22.7. The summed E-state index contributed by atoms with van der Waals surface area (Å²) in [5, 5.41) is 9.37. The molecule has 0 atom stereocenters. The molecule has 32 heavy (non-hydrogen) atoms. The molecule has 3 heterocycles. The molecular formula is C20H20F3N7O2. The van der Waals surface area contributed by atoms with E-state index in [0.29, 0.717) is 34.3 Å². The van der Waals surface area contributed by atoms with Gasteiger partial charge in [0.15, 0.2) is 5.65 Å². The van der Waals surface area contributed by atoms with Crippen molar-refractivity contribution in [3.05, 3.63) is 53.5 Å². The molecule has 1 fully saturated rings. The highest BCUT2D eigenvalue weighted by Crippen LogP contribution is 2.37. The number of imidazole rings is 1. The lowest BCUT2D eigenvalue weighted by Gasteiger charge is -2.07. The van der Waals surface area contributed by atoms with Crippen LogP contribution in [0, 0.1) is 0 Å². The number of nitrogens with one attached hydrogen (secondary N) is 2. The van der Waals surface area contributed by atoms with Gasteiger partial charge in [-0.1, -0.05) is 0 Å². The Kier molecular flexibility index (Phi) is 6.01. The van der Waals surface area contributed by atoms with Gasteiger partial charge in [-0.2, -0.15) is 18.3 Å². The number of aromatic nitrogens is 5. The van der Waals surface area contributed by atoms with Gasteiger partial charge in [0.25, 0.3) is 5.91 Å². The van der Waals surface area contributed by atoms with Crippen LogP contribution >= 0.6 is 0 Å². The van der Waals surface area contributed by atoms with Crippen molar-refractivity contribution in [2.75, 3.05) is 0 Å². The van der Waals surface area contributed by atoms with Crippen molar-refractivity contribution in [3.8, 4) is 0 Å². The lowest BCUT2D eigenvalue weighted by molar-refractivity contribution is -0.144. The largest absolute Gasteiger partial charge is 0.389 e. The van der Waals surface area contributed by atoms with Gasteiger partial charge < -0.3 is 10.6 Å². The van der Waals surface area contributed by atoms with Gasteiger partial charge in [0.2, 0.25) is 5.91 Å². The fourth-order valence-corrected chi connectivity index (χ4v) is 2.99. The maximum Gasteiger partial charge on any atom is 0.389 e. The molecule has 0 unspecified atom stereocenters. The number of hydrogen-bond donors (Lipinski definition) is 2. The zero-order valence-corrected chi connectivity index (χ0v) is 16.9. The summed E-state index contributed by atoms with van der Waals surface area (Å²) >= 11 is 0. The van der Waals surface area contributed by atoms with E-state index in [1.54, 1.807) is 24.5 Å². The molecule has 1 aliphatic rings. The predicted molar refractivity (Wildman–Crippen MR) is 105 cm³/mol. The highest BCUT2D eigenvalue weighted by molar-refractivity contribution is 5.92. The first-order chi connectivity index (χ1) is 15.3. The Bertz CT molecular complexity index is 1140. The number of hydrogen-bond acceptors (Lipinski definition) is 6. The lowest BCUT2D eigenvalue weighted by Crippen LogP contribution is -2.24. The highest BCUT2D eigenvalue weighted by Gasteiger charge is 2.28. The summed E-state index contributed by atoms with van der Waals surface area (Å²) in [5.74, 6) is 0.00793. The number of alkyl halides is 3. The van der Waals surface area contributed by atoms with Crippen LogP contribution in [0.15, 0.2) is 30.7 Å². The topological polar surface area (TPSA) is 114 Å². The SMILES string of the molecule is O=C(CCC(F)(F)F)NCc1cnn2cc(CNC(=O)c3ccnc(C4CC4)n3)nc2c1. The van der Waals surface area contributed by atoms with Crippen LogP contribution in [0.25, 0.3) is 5.65 Å². The summed E-state index contributed by atoms with van der Waals surface area (Å²) in [5.41, 5.74) is 1.93. The monoisotopic (exact) mass is 447 g/mol. The minimum absolute atomic E-state index is 0.0379. The van der Waals surface area contributed by atoms with Crippen LogP contribution in [0.1, 0.15) is 59.2 Å². The number of nitrogens with zero attached hydrogens (tertiary/aromatic N) is 5. The molecule has 168 valence electrons. The summed E-state index contributed by atoms with van der Waals surface area (Å²) in [6, 6.07) is 3.22. The van der Waals surface area contributed by atoms with Crippen molar-refractivity contribution >= 4 is 17.5 Å². The van der Waals surface area contributed by atoms with Crippen LogP contribution in [0.3, 0.4) is 0 Å². The van der Waals surface area contributed by atoms with Crippen LogP contribution in [-0.4, -0.2) is 42.6 Å². The first kappa shape index (κ1) is 21.7. The van der Waals surface area contributed by atoms with E-state index in [9.17, 15) is 22.8 Å². The molecule has 0 aliphatic heterocycles. The van der Waals surface area contributed by atoms with Gasteiger partial charge >= 0.3 is 6.18 Å². The molecule has 1 aliphatic carbocycles. The van der Waals surface area contributed by atoms with E-state index >= 15 is 0 Å². The molecule has 3 aromatic heterocycles. The molecule has 9 nitrogen and oxygen atoms in total. The summed E-state index contributed by atoms with van der Waals surface area (Å²) in [4.78, 5) is 36.8. The van der Waals surface area contributed by atoms with E-state index < -0.39 is 24.9 Å². The van der Waals surface area contributed by atoms with Crippen LogP contribution in [0.4, 0.5) is 13.2 Å². The number of amides is 2.